The molecule has 4 nitrogen and oxygen atoms in total. The maximum absolute atomic E-state index is 11.0. The van der Waals surface area contributed by atoms with E-state index < -0.39 is 0 Å². The van der Waals surface area contributed by atoms with Crippen molar-refractivity contribution in [1.82, 2.24) is 9.38 Å². The van der Waals surface area contributed by atoms with Crippen molar-refractivity contribution in [2.75, 3.05) is 6.61 Å². The number of aldehydes is 1. The minimum atomic E-state index is 0.330. The first-order valence-electron chi connectivity index (χ1n) is 4.85. The van der Waals surface area contributed by atoms with Crippen LogP contribution in [0.15, 0.2) is 24.4 Å². The Bertz CT molecular complexity index is 552. The van der Waals surface area contributed by atoms with Gasteiger partial charge in [0.1, 0.15) is 17.9 Å². The molecule has 0 bridgehead atoms. The second-order valence-electron chi connectivity index (χ2n) is 3.15. The van der Waals surface area contributed by atoms with Crippen molar-refractivity contribution in [2.45, 2.75) is 6.42 Å². The van der Waals surface area contributed by atoms with Crippen LogP contribution in [-0.4, -0.2) is 22.3 Å². The van der Waals surface area contributed by atoms with E-state index in [0.717, 1.165) is 6.29 Å². The third kappa shape index (κ3) is 1.75. The fourth-order valence-electron chi connectivity index (χ4n) is 1.41. The van der Waals surface area contributed by atoms with Crippen molar-refractivity contribution < 1.29 is 9.53 Å². The van der Waals surface area contributed by atoms with Gasteiger partial charge in [0.05, 0.1) is 0 Å². The lowest BCUT2D eigenvalue weighted by Crippen LogP contribution is -1.99. The van der Waals surface area contributed by atoms with Gasteiger partial charge in [0.25, 0.3) is 0 Å². The molecule has 0 saturated heterocycles. The fraction of sp³-hybridized carbons (Fsp3) is 0.167. The van der Waals surface area contributed by atoms with E-state index in [2.05, 4.69) is 10.9 Å². The Hall–Kier alpha value is -2.28. The normalized spacial score (nSPS) is 9.94. The summed E-state index contributed by atoms with van der Waals surface area (Å²) in [5.74, 6) is 2.79. The van der Waals surface area contributed by atoms with Crippen LogP contribution in [0.5, 0.6) is 5.88 Å². The van der Waals surface area contributed by atoms with E-state index in [1.165, 1.54) is 0 Å². The molecule has 0 saturated carbocycles. The molecule has 0 aliphatic carbocycles. The number of hydrogen-bond donors (Lipinski definition) is 0. The van der Waals surface area contributed by atoms with E-state index in [9.17, 15) is 4.79 Å². The minimum Gasteiger partial charge on any atom is -0.475 e. The van der Waals surface area contributed by atoms with Gasteiger partial charge in [-0.25, -0.2) is 0 Å². The topological polar surface area (TPSA) is 43.6 Å². The first kappa shape index (κ1) is 10.2. The fourth-order valence-corrected chi connectivity index (χ4v) is 1.41. The molecule has 0 aliphatic heterocycles. The number of fused-ring (bicyclic) bond motifs is 1. The summed E-state index contributed by atoms with van der Waals surface area (Å²) in [4.78, 5) is 15.2. The lowest BCUT2D eigenvalue weighted by Gasteiger charge is -1.99. The van der Waals surface area contributed by atoms with Gasteiger partial charge >= 0.3 is 0 Å². The Morgan fingerprint density at radius 3 is 3.19 bits per heavy atom. The van der Waals surface area contributed by atoms with Gasteiger partial charge in [0, 0.05) is 12.6 Å². The molecule has 0 spiro atoms. The highest BCUT2D eigenvalue weighted by molar-refractivity contribution is 5.78. The van der Waals surface area contributed by atoms with Crippen LogP contribution in [0.2, 0.25) is 0 Å². The Morgan fingerprint density at radius 1 is 1.56 bits per heavy atom. The molecule has 0 N–H and O–H groups in total. The summed E-state index contributed by atoms with van der Waals surface area (Å²) >= 11 is 0. The highest BCUT2D eigenvalue weighted by Crippen LogP contribution is 2.17. The molecule has 0 atom stereocenters. The number of aromatic nitrogens is 2. The maximum Gasteiger partial charge on any atom is 0.243 e. The summed E-state index contributed by atoms with van der Waals surface area (Å²) in [7, 11) is 0. The van der Waals surface area contributed by atoms with Gasteiger partial charge < -0.3 is 4.74 Å². The molecule has 2 rings (SSSR count). The first-order valence-corrected chi connectivity index (χ1v) is 4.85. The molecular formula is C12H10N2O2. The van der Waals surface area contributed by atoms with Crippen LogP contribution in [0.1, 0.15) is 16.9 Å². The SMILES string of the molecule is C#CCCOc1nc2ccccn2c1C=O. The second kappa shape index (κ2) is 4.49. The van der Waals surface area contributed by atoms with Crippen LogP contribution in [0, 0.1) is 12.3 Å². The smallest absolute Gasteiger partial charge is 0.243 e. The molecule has 0 amide bonds. The average molecular weight is 214 g/mol. The van der Waals surface area contributed by atoms with E-state index >= 15 is 0 Å². The van der Waals surface area contributed by atoms with Gasteiger partial charge in [-0.05, 0) is 12.1 Å². The summed E-state index contributed by atoms with van der Waals surface area (Å²) < 4.78 is 7.03. The second-order valence-corrected chi connectivity index (χ2v) is 3.15. The Kier molecular flexibility index (Phi) is 2.88. The van der Waals surface area contributed by atoms with Crippen molar-refractivity contribution >= 4 is 11.9 Å². The Labute approximate surface area is 92.9 Å². The van der Waals surface area contributed by atoms with Crippen LogP contribution >= 0.6 is 0 Å². The quantitative estimate of drug-likeness (QED) is 0.440. The standard InChI is InChI=1S/C12H10N2O2/c1-2-3-8-16-12-10(9-15)14-7-5-4-6-11(14)13-12/h1,4-7,9H,3,8H2. The van der Waals surface area contributed by atoms with Gasteiger partial charge in [-0.1, -0.05) is 6.07 Å². The summed E-state index contributed by atoms with van der Waals surface area (Å²) in [5, 5.41) is 0. The number of pyridine rings is 1. The maximum atomic E-state index is 11.0. The highest BCUT2D eigenvalue weighted by Gasteiger charge is 2.11. The third-order valence-electron chi connectivity index (χ3n) is 2.13. The molecule has 0 radical (unpaired) electrons. The molecule has 80 valence electrons. The predicted molar refractivity (Wildman–Crippen MR) is 59.5 cm³/mol. The lowest BCUT2D eigenvalue weighted by atomic mass is 10.4. The summed E-state index contributed by atoms with van der Waals surface area (Å²) in [6, 6.07) is 5.48. The zero-order valence-corrected chi connectivity index (χ0v) is 8.59. The van der Waals surface area contributed by atoms with Crippen LogP contribution in [0.3, 0.4) is 0 Å². The molecular weight excluding hydrogens is 204 g/mol. The molecule has 2 aromatic heterocycles. The molecule has 0 aliphatic rings. The highest BCUT2D eigenvalue weighted by atomic mass is 16.5. The molecule has 2 heterocycles. The van der Waals surface area contributed by atoms with E-state index in [1.807, 2.05) is 12.1 Å². The molecule has 0 aromatic carbocycles. The van der Waals surface area contributed by atoms with Gasteiger partial charge in [-0.15, -0.1) is 12.3 Å². The van der Waals surface area contributed by atoms with Crippen LogP contribution in [0.4, 0.5) is 0 Å². The Balaban J connectivity index is 2.37. The number of hydrogen-bond acceptors (Lipinski definition) is 3. The molecule has 16 heavy (non-hydrogen) atoms. The van der Waals surface area contributed by atoms with Crippen molar-refractivity contribution in [3.63, 3.8) is 0 Å². The minimum absolute atomic E-state index is 0.330. The molecule has 4 heteroatoms. The van der Waals surface area contributed by atoms with Crippen LogP contribution < -0.4 is 4.74 Å². The number of carbonyl (C=O) groups excluding carboxylic acids is 1. The number of rotatable bonds is 4. The lowest BCUT2D eigenvalue weighted by molar-refractivity contribution is 0.111. The molecule has 2 aromatic rings. The Morgan fingerprint density at radius 2 is 2.44 bits per heavy atom. The summed E-state index contributed by atoms with van der Waals surface area (Å²) in [6.45, 7) is 0.362. The molecule has 0 fully saturated rings. The van der Waals surface area contributed by atoms with Crippen LogP contribution in [-0.2, 0) is 0 Å². The van der Waals surface area contributed by atoms with Crippen molar-refractivity contribution in [3.05, 3.63) is 30.1 Å². The number of ether oxygens (including phenoxy) is 1. The van der Waals surface area contributed by atoms with Crippen molar-refractivity contribution in [2.24, 2.45) is 0 Å². The van der Waals surface area contributed by atoms with E-state index in [-0.39, 0.29) is 0 Å². The summed E-state index contributed by atoms with van der Waals surface area (Å²) in [5.41, 5.74) is 1.09. The zero-order valence-electron chi connectivity index (χ0n) is 8.59. The monoisotopic (exact) mass is 214 g/mol. The first-order chi connectivity index (χ1) is 7.86. The van der Waals surface area contributed by atoms with Crippen molar-refractivity contribution in [1.29, 1.82) is 0 Å². The zero-order chi connectivity index (χ0) is 11.4. The predicted octanol–water partition coefficient (Wildman–Crippen LogP) is 1.55. The van der Waals surface area contributed by atoms with E-state index in [1.54, 1.807) is 16.7 Å². The number of carbonyl (C=O) groups is 1. The molecule has 0 unspecified atom stereocenters. The summed E-state index contributed by atoms with van der Waals surface area (Å²) in [6.07, 6.45) is 8.10. The van der Waals surface area contributed by atoms with E-state index in [0.29, 0.717) is 30.2 Å². The van der Waals surface area contributed by atoms with Gasteiger partial charge in [-0.3, -0.25) is 9.20 Å². The van der Waals surface area contributed by atoms with Gasteiger partial charge in [-0.2, -0.15) is 4.98 Å². The largest absolute Gasteiger partial charge is 0.475 e. The third-order valence-corrected chi connectivity index (χ3v) is 2.13. The van der Waals surface area contributed by atoms with Crippen LogP contribution in [0.25, 0.3) is 5.65 Å². The van der Waals surface area contributed by atoms with Gasteiger partial charge in [0.15, 0.2) is 6.29 Å². The number of nitrogens with zero attached hydrogens (tertiary/aromatic N) is 2. The number of terminal acetylenes is 1. The van der Waals surface area contributed by atoms with Crippen molar-refractivity contribution in [3.8, 4) is 18.2 Å². The average Bonchev–Trinajstić information content (AvgIpc) is 2.67. The van der Waals surface area contributed by atoms with Gasteiger partial charge in [0.2, 0.25) is 5.88 Å². The number of imidazole rings is 1. The van der Waals surface area contributed by atoms with E-state index in [4.69, 9.17) is 11.2 Å².